The highest BCUT2D eigenvalue weighted by molar-refractivity contribution is 6.22. The van der Waals surface area contributed by atoms with E-state index in [2.05, 4.69) is 54.2 Å². The van der Waals surface area contributed by atoms with Crippen molar-refractivity contribution < 1.29 is 9.59 Å². The molecule has 208 valence electrons. The fourth-order valence-corrected chi connectivity index (χ4v) is 6.01. The average molecular weight is 559 g/mol. The van der Waals surface area contributed by atoms with Gasteiger partial charge in [-0.15, -0.1) is 29.7 Å². The SMILES string of the molecule is Cc1c(C)c(C)c2c(c1C)C(=O)c1nc3ncnn3nc1-2.Cc1c(C)c(C)c2c(c1C)C(=O)c1nn3ncnc3nc1-2. The first-order valence-corrected chi connectivity index (χ1v) is 13.5. The molecule has 42 heavy (non-hydrogen) atoms. The minimum Gasteiger partial charge on any atom is -0.287 e. The molecule has 0 amide bonds. The van der Waals surface area contributed by atoms with Gasteiger partial charge in [0.05, 0.1) is 0 Å². The first-order valence-electron chi connectivity index (χ1n) is 13.5. The Morgan fingerprint density at radius 1 is 0.452 bits per heavy atom. The van der Waals surface area contributed by atoms with E-state index in [9.17, 15) is 9.59 Å². The zero-order valence-electron chi connectivity index (χ0n) is 24.4. The number of hydrogen-bond donors (Lipinski definition) is 0. The predicted octanol–water partition coefficient (Wildman–Crippen LogP) is 3.93. The maximum Gasteiger partial charge on any atom is 0.271 e. The van der Waals surface area contributed by atoms with E-state index >= 15 is 0 Å². The van der Waals surface area contributed by atoms with Crippen molar-refractivity contribution in [2.24, 2.45) is 0 Å². The van der Waals surface area contributed by atoms with Gasteiger partial charge in [-0.2, -0.15) is 9.97 Å². The van der Waals surface area contributed by atoms with E-state index < -0.39 is 0 Å². The van der Waals surface area contributed by atoms with Crippen LogP contribution in [0.3, 0.4) is 0 Å². The number of ketones is 2. The predicted molar refractivity (Wildman–Crippen MR) is 153 cm³/mol. The van der Waals surface area contributed by atoms with Gasteiger partial charge in [-0.25, -0.2) is 9.97 Å². The Labute approximate surface area is 239 Å². The molecule has 6 aromatic rings. The van der Waals surface area contributed by atoms with Crippen molar-refractivity contribution >= 4 is 23.1 Å². The van der Waals surface area contributed by atoms with Gasteiger partial charge in [0.25, 0.3) is 11.6 Å². The molecule has 0 atom stereocenters. The van der Waals surface area contributed by atoms with Gasteiger partial charge in [0.15, 0.2) is 5.69 Å². The van der Waals surface area contributed by atoms with Gasteiger partial charge >= 0.3 is 0 Å². The molecule has 0 saturated heterocycles. The molecule has 8 rings (SSSR count). The Kier molecular flexibility index (Phi) is 5.27. The highest BCUT2D eigenvalue weighted by Gasteiger charge is 2.36. The molecular weight excluding hydrogens is 532 g/mol. The third kappa shape index (κ3) is 3.22. The molecule has 0 bridgehead atoms. The molecule has 0 fully saturated rings. The third-order valence-corrected chi connectivity index (χ3v) is 9.02. The van der Waals surface area contributed by atoms with E-state index in [1.54, 1.807) is 0 Å². The fourth-order valence-electron chi connectivity index (χ4n) is 6.01. The van der Waals surface area contributed by atoms with Gasteiger partial charge < -0.3 is 0 Å². The number of carbonyl (C=O) groups is 2. The summed E-state index contributed by atoms with van der Waals surface area (Å²) < 4.78 is 2.66. The van der Waals surface area contributed by atoms with Gasteiger partial charge in [-0.05, 0) is 99.9 Å². The van der Waals surface area contributed by atoms with Crippen LogP contribution in [-0.2, 0) is 0 Å². The summed E-state index contributed by atoms with van der Waals surface area (Å²) in [5, 5.41) is 16.7. The average Bonchev–Trinajstić information content (AvgIpc) is 3.75. The number of hydrogen-bond acceptors (Lipinski definition) is 10. The highest BCUT2D eigenvalue weighted by atomic mass is 16.1. The minimum atomic E-state index is -0.0754. The number of nitrogens with zero attached hydrogens (tertiary/aromatic N) is 10. The molecule has 0 spiro atoms. The Hall–Kier alpha value is -5.26. The molecule has 4 heterocycles. The van der Waals surface area contributed by atoms with Crippen LogP contribution < -0.4 is 0 Å². The van der Waals surface area contributed by atoms with Crippen LogP contribution in [-0.4, -0.2) is 61.2 Å². The van der Waals surface area contributed by atoms with Crippen molar-refractivity contribution in [3.8, 4) is 22.5 Å². The number of aromatic nitrogens is 10. The lowest BCUT2D eigenvalue weighted by Gasteiger charge is -2.14. The van der Waals surface area contributed by atoms with Crippen LogP contribution in [0.5, 0.6) is 0 Å². The van der Waals surface area contributed by atoms with Gasteiger partial charge in [-0.3, -0.25) is 9.59 Å². The third-order valence-electron chi connectivity index (χ3n) is 9.02. The molecule has 0 N–H and O–H groups in total. The second-order valence-corrected chi connectivity index (χ2v) is 10.9. The Morgan fingerprint density at radius 2 is 0.833 bits per heavy atom. The van der Waals surface area contributed by atoms with E-state index in [4.69, 9.17) is 0 Å². The summed E-state index contributed by atoms with van der Waals surface area (Å²) in [4.78, 5) is 42.3. The van der Waals surface area contributed by atoms with Crippen molar-refractivity contribution in [3.63, 3.8) is 0 Å². The van der Waals surface area contributed by atoms with Crippen molar-refractivity contribution in [3.05, 3.63) is 79.7 Å². The molecular formula is C30H26N10O2. The Morgan fingerprint density at radius 3 is 1.33 bits per heavy atom. The number of benzene rings is 2. The minimum absolute atomic E-state index is 0.0679. The summed E-state index contributed by atoms with van der Waals surface area (Å²) >= 11 is 0. The lowest BCUT2D eigenvalue weighted by molar-refractivity contribution is 0.102. The number of carbonyl (C=O) groups excluding carboxylic acids is 2. The molecule has 2 aromatic carbocycles. The van der Waals surface area contributed by atoms with Gasteiger partial charge in [0, 0.05) is 22.3 Å². The lowest BCUT2D eigenvalue weighted by atomic mass is 9.90. The maximum absolute atomic E-state index is 12.7. The summed E-state index contributed by atoms with van der Waals surface area (Å²) in [5.41, 5.74) is 14.0. The maximum atomic E-state index is 12.7. The molecule has 4 aromatic heterocycles. The largest absolute Gasteiger partial charge is 0.287 e. The van der Waals surface area contributed by atoms with Crippen molar-refractivity contribution in [1.82, 2.24) is 49.6 Å². The van der Waals surface area contributed by atoms with Crippen LogP contribution in [0.25, 0.3) is 34.1 Å². The Bertz CT molecular complexity index is 2070. The summed E-state index contributed by atoms with van der Waals surface area (Å²) in [5.74, 6) is 0.610. The standard InChI is InChI=1S/2C15H13N5O/c1-6-7(2)9(4)11-10(8(6)3)12-13(14(11)21)18-15-16-5-17-20(15)19-12;1-6-7(2)9(4)11-10(8(6)3)12-13(14(11)21)19-20-15(18-12)16-5-17-20/h2*5H,1-4H3. The summed E-state index contributed by atoms with van der Waals surface area (Å²) in [6.45, 7) is 16.2. The van der Waals surface area contributed by atoms with Crippen LogP contribution in [0, 0.1) is 55.4 Å². The molecule has 0 aliphatic heterocycles. The topological polar surface area (TPSA) is 146 Å². The molecule has 12 heteroatoms. The molecule has 0 radical (unpaired) electrons. The van der Waals surface area contributed by atoms with Crippen LogP contribution in [0.1, 0.15) is 76.6 Å². The zero-order chi connectivity index (χ0) is 29.8. The second-order valence-electron chi connectivity index (χ2n) is 10.9. The molecule has 2 aliphatic carbocycles. The lowest BCUT2D eigenvalue weighted by Crippen LogP contribution is -2.07. The smallest absolute Gasteiger partial charge is 0.271 e. The molecule has 2 aliphatic rings. The van der Waals surface area contributed by atoms with Crippen molar-refractivity contribution in [2.45, 2.75) is 55.4 Å². The van der Waals surface area contributed by atoms with Gasteiger partial charge in [-0.1, -0.05) is 0 Å². The van der Waals surface area contributed by atoms with Crippen LogP contribution in [0.15, 0.2) is 12.7 Å². The van der Waals surface area contributed by atoms with Crippen molar-refractivity contribution in [2.75, 3.05) is 0 Å². The number of fused-ring (bicyclic) bond motifs is 8. The van der Waals surface area contributed by atoms with E-state index in [0.29, 0.717) is 34.3 Å². The molecule has 0 saturated carbocycles. The fraction of sp³-hybridized carbons (Fsp3) is 0.267. The summed E-state index contributed by atoms with van der Waals surface area (Å²) in [7, 11) is 0. The van der Waals surface area contributed by atoms with Gasteiger partial charge in [0.2, 0.25) is 11.6 Å². The van der Waals surface area contributed by atoms with E-state index in [1.165, 1.54) is 33.0 Å². The van der Waals surface area contributed by atoms with Crippen molar-refractivity contribution in [1.29, 1.82) is 0 Å². The van der Waals surface area contributed by atoms with Crippen LogP contribution >= 0.6 is 0 Å². The van der Waals surface area contributed by atoms with Gasteiger partial charge in [0.1, 0.15) is 29.7 Å². The van der Waals surface area contributed by atoms with E-state index in [-0.39, 0.29) is 11.6 Å². The first-order chi connectivity index (χ1) is 20.0. The summed E-state index contributed by atoms with van der Waals surface area (Å²) in [6, 6.07) is 0. The molecule has 12 nitrogen and oxygen atoms in total. The molecule has 0 unspecified atom stereocenters. The van der Waals surface area contributed by atoms with Crippen LogP contribution in [0.4, 0.5) is 0 Å². The zero-order valence-corrected chi connectivity index (χ0v) is 24.4. The normalized spacial score (nSPS) is 12.9. The van der Waals surface area contributed by atoms with E-state index in [1.807, 2.05) is 41.5 Å². The monoisotopic (exact) mass is 558 g/mol. The second kappa shape index (κ2) is 8.62. The highest BCUT2D eigenvalue weighted by Crippen LogP contribution is 2.42. The van der Waals surface area contributed by atoms with E-state index in [0.717, 1.165) is 55.6 Å². The first kappa shape index (κ1) is 25.7. The quantitative estimate of drug-likeness (QED) is 0.268. The number of rotatable bonds is 0. The Balaban J connectivity index is 0.000000137. The summed E-state index contributed by atoms with van der Waals surface area (Å²) in [6.07, 6.45) is 2.77. The van der Waals surface area contributed by atoms with Crippen LogP contribution in [0.2, 0.25) is 0 Å².